The molecule has 1 saturated heterocycles. The largest absolute Gasteiger partial charge is 0.343 e. The fraction of sp³-hybridized carbons (Fsp3) is 0.375. The molecule has 0 spiro atoms. The summed E-state index contributed by atoms with van der Waals surface area (Å²) in [5, 5.41) is 16.3. The quantitative estimate of drug-likeness (QED) is 0.576. The summed E-state index contributed by atoms with van der Waals surface area (Å²) in [7, 11) is 0. The maximum atomic E-state index is 14.3. The van der Waals surface area contributed by atoms with Gasteiger partial charge in [-0.05, 0) is 22.6 Å². The lowest BCUT2D eigenvalue weighted by atomic mass is 9.95. The highest BCUT2D eigenvalue weighted by Gasteiger charge is 2.40. The molecule has 0 aliphatic carbocycles. The number of alkyl halides is 1. The van der Waals surface area contributed by atoms with Crippen LogP contribution < -0.4 is 5.32 Å². The maximum Gasteiger partial charge on any atom is 0.243 e. The zero-order chi connectivity index (χ0) is 23.4. The Morgan fingerprint density at radius 3 is 2.39 bits per heavy atom. The number of carbonyl (C=O) groups excluding carboxylic acids is 2. The van der Waals surface area contributed by atoms with E-state index in [1.807, 2.05) is 42.5 Å². The van der Waals surface area contributed by atoms with E-state index in [0.29, 0.717) is 5.92 Å². The van der Waals surface area contributed by atoms with Crippen LogP contribution in [0.3, 0.4) is 0 Å². The number of aromatic amines is 1. The van der Waals surface area contributed by atoms with Crippen LogP contribution in [0.1, 0.15) is 54.7 Å². The summed E-state index contributed by atoms with van der Waals surface area (Å²) < 4.78 is 14.3. The highest BCUT2D eigenvalue weighted by Crippen LogP contribution is 2.27. The van der Waals surface area contributed by atoms with E-state index in [4.69, 9.17) is 0 Å². The maximum absolute atomic E-state index is 14.3. The highest BCUT2D eigenvalue weighted by atomic mass is 19.1. The number of carbonyl (C=O) groups is 2. The van der Waals surface area contributed by atoms with Crippen LogP contribution in [0.15, 0.2) is 54.6 Å². The number of aromatic nitrogens is 4. The minimum Gasteiger partial charge on any atom is -0.343 e. The first kappa shape index (κ1) is 22.6. The van der Waals surface area contributed by atoms with Crippen molar-refractivity contribution in [3.63, 3.8) is 0 Å². The number of likely N-dealkylation sites (tertiary alicyclic amines) is 1. The summed E-state index contributed by atoms with van der Waals surface area (Å²) in [6.07, 6.45) is -1.46. The van der Waals surface area contributed by atoms with Gasteiger partial charge in [0.2, 0.25) is 11.8 Å². The van der Waals surface area contributed by atoms with Crippen molar-refractivity contribution in [3.8, 4) is 0 Å². The Balaban J connectivity index is 1.56. The molecule has 0 radical (unpaired) electrons. The molecule has 2 N–H and O–H groups in total. The van der Waals surface area contributed by atoms with Gasteiger partial charge in [-0.25, -0.2) is 4.39 Å². The number of H-pyrrole nitrogens is 1. The van der Waals surface area contributed by atoms with Crippen molar-refractivity contribution in [1.29, 1.82) is 0 Å². The normalized spacial score (nSPS) is 19.0. The van der Waals surface area contributed by atoms with Crippen LogP contribution in [-0.2, 0) is 16.0 Å². The standard InChI is InChI=1S/C24H27FN6O2/c1-15(2)16-8-10-18(11-9-16)23(17-6-4-3-5-7-17)26-24(33)20-12-19(25)14-31(20)22(32)13-21-27-29-30-28-21/h3-11,15,19-20,23H,12-14H2,1-2H3,(H,26,33)(H,27,28,29,30). The van der Waals surface area contributed by atoms with Crippen LogP contribution in [0.4, 0.5) is 4.39 Å². The molecule has 4 rings (SSSR count). The molecular formula is C24H27FN6O2. The van der Waals surface area contributed by atoms with Gasteiger partial charge in [-0.2, -0.15) is 5.21 Å². The zero-order valence-corrected chi connectivity index (χ0v) is 18.6. The van der Waals surface area contributed by atoms with E-state index in [1.54, 1.807) is 0 Å². The van der Waals surface area contributed by atoms with Crippen LogP contribution in [0.25, 0.3) is 0 Å². The molecule has 1 fully saturated rings. The summed E-state index contributed by atoms with van der Waals surface area (Å²) in [4.78, 5) is 27.4. The first-order valence-corrected chi connectivity index (χ1v) is 11.0. The third-order valence-electron chi connectivity index (χ3n) is 5.93. The van der Waals surface area contributed by atoms with Crippen molar-refractivity contribution in [2.45, 2.75) is 50.9 Å². The third-order valence-corrected chi connectivity index (χ3v) is 5.93. The second-order valence-corrected chi connectivity index (χ2v) is 8.57. The second kappa shape index (κ2) is 9.89. The van der Waals surface area contributed by atoms with Crippen LogP contribution in [0.2, 0.25) is 0 Å². The van der Waals surface area contributed by atoms with Gasteiger partial charge in [0.1, 0.15) is 12.2 Å². The number of amides is 2. The Morgan fingerprint density at radius 1 is 1.09 bits per heavy atom. The molecule has 33 heavy (non-hydrogen) atoms. The number of nitrogens with one attached hydrogen (secondary N) is 2. The van der Waals surface area contributed by atoms with E-state index < -0.39 is 30.1 Å². The summed E-state index contributed by atoms with van der Waals surface area (Å²) in [6, 6.07) is 16.4. The van der Waals surface area contributed by atoms with Crippen molar-refractivity contribution in [1.82, 2.24) is 30.8 Å². The lowest BCUT2D eigenvalue weighted by Crippen LogP contribution is -2.47. The molecule has 8 nitrogen and oxygen atoms in total. The van der Waals surface area contributed by atoms with Gasteiger partial charge in [0, 0.05) is 6.42 Å². The molecule has 3 atom stereocenters. The molecule has 1 aromatic heterocycles. The molecule has 0 bridgehead atoms. The van der Waals surface area contributed by atoms with Crippen LogP contribution in [0.5, 0.6) is 0 Å². The number of rotatable bonds is 7. The van der Waals surface area contributed by atoms with E-state index in [2.05, 4.69) is 51.9 Å². The SMILES string of the molecule is CC(C)c1ccc(C(NC(=O)C2CC(F)CN2C(=O)Cc2nn[nH]n2)c2ccccc2)cc1. The number of hydrogen-bond donors (Lipinski definition) is 2. The molecule has 9 heteroatoms. The van der Waals surface area contributed by atoms with Crippen molar-refractivity contribution in [2.24, 2.45) is 0 Å². The number of hydrogen-bond acceptors (Lipinski definition) is 5. The van der Waals surface area contributed by atoms with Gasteiger partial charge in [0.05, 0.1) is 19.0 Å². The van der Waals surface area contributed by atoms with E-state index in [-0.39, 0.29) is 25.2 Å². The van der Waals surface area contributed by atoms with E-state index in [9.17, 15) is 14.0 Å². The van der Waals surface area contributed by atoms with Gasteiger partial charge in [0.25, 0.3) is 0 Å². The smallest absolute Gasteiger partial charge is 0.243 e. The Kier molecular flexibility index (Phi) is 6.76. The van der Waals surface area contributed by atoms with Crippen LogP contribution in [0, 0.1) is 0 Å². The molecule has 172 valence electrons. The monoisotopic (exact) mass is 450 g/mol. The number of benzene rings is 2. The Hall–Kier alpha value is -3.62. The zero-order valence-electron chi connectivity index (χ0n) is 18.6. The summed E-state index contributed by atoms with van der Waals surface area (Å²) in [5.74, 6) is -0.205. The average molecular weight is 451 g/mol. The average Bonchev–Trinajstić information content (AvgIpc) is 3.47. The predicted octanol–water partition coefficient (Wildman–Crippen LogP) is 2.71. The Morgan fingerprint density at radius 2 is 1.76 bits per heavy atom. The van der Waals surface area contributed by atoms with E-state index in [1.165, 1.54) is 10.5 Å². The third kappa shape index (κ3) is 5.24. The minimum absolute atomic E-state index is 0.0440. The van der Waals surface area contributed by atoms with Crippen molar-refractivity contribution >= 4 is 11.8 Å². The van der Waals surface area contributed by atoms with Gasteiger partial charge < -0.3 is 10.2 Å². The second-order valence-electron chi connectivity index (χ2n) is 8.57. The molecule has 2 heterocycles. The summed E-state index contributed by atoms with van der Waals surface area (Å²) >= 11 is 0. The molecule has 3 unspecified atom stereocenters. The molecule has 1 aliphatic rings. The number of tetrazole rings is 1. The fourth-order valence-corrected chi connectivity index (χ4v) is 4.12. The first-order chi connectivity index (χ1) is 15.9. The van der Waals surface area contributed by atoms with Crippen LogP contribution >= 0.6 is 0 Å². The van der Waals surface area contributed by atoms with Crippen molar-refractivity contribution in [2.75, 3.05) is 6.54 Å². The van der Waals surface area contributed by atoms with Gasteiger partial charge in [0.15, 0.2) is 5.82 Å². The Labute approximate surface area is 191 Å². The molecule has 2 aromatic carbocycles. The predicted molar refractivity (Wildman–Crippen MR) is 120 cm³/mol. The minimum atomic E-state index is -1.27. The topological polar surface area (TPSA) is 104 Å². The van der Waals surface area contributed by atoms with Gasteiger partial charge in [-0.3, -0.25) is 9.59 Å². The molecule has 2 amide bonds. The summed E-state index contributed by atoms with van der Waals surface area (Å²) in [6.45, 7) is 4.12. The lowest BCUT2D eigenvalue weighted by molar-refractivity contribution is -0.138. The Bertz CT molecular complexity index is 1070. The molecule has 0 saturated carbocycles. The molecular weight excluding hydrogens is 423 g/mol. The van der Waals surface area contributed by atoms with Crippen LogP contribution in [-0.4, -0.2) is 56.1 Å². The number of nitrogens with zero attached hydrogens (tertiary/aromatic N) is 4. The van der Waals surface area contributed by atoms with Crippen molar-refractivity contribution in [3.05, 3.63) is 77.1 Å². The van der Waals surface area contributed by atoms with Gasteiger partial charge >= 0.3 is 0 Å². The number of halogens is 1. The highest BCUT2D eigenvalue weighted by molar-refractivity contribution is 5.89. The van der Waals surface area contributed by atoms with Gasteiger partial charge in [-0.15, -0.1) is 10.2 Å². The van der Waals surface area contributed by atoms with E-state index >= 15 is 0 Å². The molecule has 3 aromatic rings. The fourth-order valence-electron chi connectivity index (χ4n) is 4.12. The van der Waals surface area contributed by atoms with Crippen molar-refractivity contribution < 1.29 is 14.0 Å². The van der Waals surface area contributed by atoms with Gasteiger partial charge in [-0.1, -0.05) is 73.7 Å². The summed E-state index contributed by atoms with van der Waals surface area (Å²) in [5.41, 5.74) is 3.02. The lowest BCUT2D eigenvalue weighted by Gasteiger charge is -2.27. The first-order valence-electron chi connectivity index (χ1n) is 11.0. The van der Waals surface area contributed by atoms with E-state index in [0.717, 1.165) is 11.1 Å². The molecule has 1 aliphatic heterocycles.